The molecule has 10 nitrogen and oxygen atoms in total. The molecule has 1 amide bonds. The van der Waals surface area contributed by atoms with Crippen LogP contribution in [0.1, 0.15) is 63.5 Å². The van der Waals surface area contributed by atoms with Crippen LogP contribution in [-0.2, 0) is 20.9 Å². The van der Waals surface area contributed by atoms with Crippen LogP contribution in [0.5, 0.6) is 0 Å². The van der Waals surface area contributed by atoms with Crippen molar-refractivity contribution in [2.24, 2.45) is 0 Å². The van der Waals surface area contributed by atoms with E-state index in [2.05, 4.69) is 27.5 Å². The fourth-order valence-corrected chi connectivity index (χ4v) is 6.09. The number of likely N-dealkylation sites (tertiary alicyclic amines) is 1. The average molecular weight is 592 g/mol. The van der Waals surface area contributed by atoms with E-state index in [4.69, 9.17) is 9.72 Å². The van der Waals surface area contributed by atoms with E-state index in [-0.39, 0.29) is 18.5 Å². The van der Waals surface area contributed by atoms with E-state index in [1.165, 1.54) is 0 Å². The lowest BCUT2D eigenvalue weighted by molar-refractivity contribution is -0.155. The van der Waals surface area contributed by atoms with Crippen molar-refractivity contribution in [3.8, 4) is 22.5 Å². The zero-order chi connectivity index (χ0) is 30.3. The third-order valence-corrected chi connectivity index (χ3v) is 8.38. The zero-order valence-corrected chi connectivity index (χ0v) is 24.9. The van der Waals surface area contributed by atoms with Gasteiger partial charge in [0.25, 0.3) is 0 Å². The lowest BCUT2D eigenvalue weighted by atomic mass is 9.98. The molecule has 1 N–H and O–H groups in total. The first-order valence-corrected chi connectivity index (χ1v) is 15.4. The number of unbranched alkanes of at least 4 members (excludes halogenated alkanes) is 3. The summed E-state index contributed by atoms with van der Waals surface area (Å²) >= 11 is 0. The molecule has 6 rings (SSSR count). The fourth-order valence-electron chi connectivity index (χ4n) is 6.09. The number of H-pyrrole nitrogens is 1. The predicted molar refractivity (Wildman–Crippen MR) is 167 cm³/mol. The van der Waals surface area contributed by atoms with Crippen LogP contribution < -0.4 is 0 Å². The Morgan fingerprint density at radius 1 is 1.00 bits per heavy atom. The predicted octanol–water partition coefficient (Wildman–Crippen LogP) is 6.13. The van der Waals surface area contributed by atoms with Crippen LogP contribution >= 0.6 is 0 Å². The second kappa shape index (κ2) is 13.6. The van der Waals surface area contributed by atoms with Crippen molar-refractivity contribution in [3.63, 3.8) is 0 Å². The molecule has 1 aliphatic heterocycles. The first-order valence-electron chi connectivity index (χ1n) is 15.4. The lowest BCUT2D eigenvalue weighted by Gasteiger charge is -2.29. The van der Waals surface area contributed by atoms with Crippen molar-refractivity contribution in [1.29, 1.82) is 0 Å². The van der Waals surface area contributed by atoms with Crippen LogP contribution in [0.15, 0.2) is 79.1 Å². The number of hydrogen-bond donors (Lipinski definition) is 1. The van der Waals surface area contributed by atoms with E-state index in [9.17, 15) is 9.59 Å². The molecule has 10 heteroatoms. The van der Waals surface area contributed by atoms with Crippen molar-refractivity contribution < 1.29 is 14.3 Å². The molecule has 1 fully saturated rings. The van der Waals surface area contributed by atoms with Gasteiger partial charge in [-0.2, -0.15) is 5.21 Å². The Balaban J connectivity index is 1.26. The number of amides is 1. The SMILES string of the molecule is CCCCCCC(C(=O)N1CCCC1C(=O)OCc1ccccc1)n1cnc2cc(-c3ccccc3-c3nn[nH]n3)ccc21. The molecule has 0 saturated carbocycles. The molecule has 2 unspecified atom stereocenters. The van der Waals surface area contributed by atoms with Crippen LogP contribution in [0.3, 0.4) is 0 Å². The number of imidazole rings is 1. The summed E-state index contributed by atoms with van der Waals surface area (Å²) in [6, 6.07) is 22.6. The first kappa shape index (κ1) is 29.2. The van der Waals surface area contributed by atoms with Gasteiger partial charge in [-0.15, -0.1) is 10.2 Å². The highest BCUT2D eigenvalue weighted by Crippen LogP contribution is 2.33. The average Bonchev–Trinajstić information content (AvgIpc) is 3.85. The Hall–Kier alpha value is -4.86. The number of fused-ring (bicyclic) bond motifs is 1. The standard InChI is InChI=1S/C34H37N7O3/c1-2-3-4-8-16-30(33(42)40-20-11-17-31(40)34(43)44-22-24-12-6-5-7-13-24)41-23-35-28-21-25(18-19-29(28)41)26-14-9-10-15-27(26)32-36-38-39-37-32/h5-7,9-10,12-15,18-19,21,23,30-31H,2-4,8,11,16-17,20,22H2,1H3,(H,36,37,38,39). The molecule has 0 bridgehead atoms. The molecule has 1 saturated heterocycles. The maximum absolute atomic E-state index is 14.3. The highest BCUT2D eigenvalue weighted by atomic mass is 16.5. The van der Waals surface area contributed by atoms with Gasteiger partial charge < -0.3 is 14.2 Å². The van der Waals surface area contributed by atoms with Crippen LogP contribution in [0.25, 0.3) is 33.5 Å². The number of carbonyl (C=O) groups is 2. The minimum Gasteiger partial charge on any atom is -0.459 e. The number of aromatic nitrogens is 6. The minimum atomic E-state index is -0.576. The number of carbonyl (C=O) groups excluding carboxylic acids is 2. The topological polar surface area (TPSA) is 119 Å². The van der Waals surface area contributed by atoms with Gasteiger partial charge in [-0.25, -0.2) is 9.78 Å². The molecule has 0 spiro atoms. The quantitative estimate of drug-likeness (QED) is 0.137. The van der Waals surface area contributed by atoms with Crippen LogP contribution in [0.4, 0.5) is 0 Å². The maximum atomic E-state index is 14.3. The number of benzene rings is 3. The van der Waals surface area contributed by atoms with Gasteiger partial charge in [-0.1, -0.05) is 93.3 Å². The summed E-state index contributed by atoms with van der Waals surface area (Å²) < 4.78 is 7.66. The van der Waals surface area contributed by atoms with Gasteiger partial charge >= 0.3 is 5.97 Å². The van der Waals surface area contributed by atoms with Crippen molar-refractivity contribution >= 4 is 22.9 Å². The Bertz CT molecular complexity index is 1700. The largest absolute Gasteiger partial charge is 0.459 e. The number of nitrogens with zero attached hydrogens (tertiary/aromatic N) is 6. The number of hydrogen-bond acceptors (Lipinski definition) is 7. The van der Waals surface area contributed by atoms with Crippen molar-refractivity contribution in [1.82, 2.24) is 35.1 Å². The summed E-state index contributed by atoms with van der Waals surface area (Å²) in [5.74, 6) is 0.128. The Kier molecular flexibility index (Phi) is 9.05. The van der Waals surface area contributed by atoms with Crippen molar-refractivity contribution in [2.45, 2.75) is 70.6 Å². The number of rotatable bonds is 12. The van der Waals surface area contributed by atoms with Gasteiger partial charge in [-0.3, -0.25) is 4.79 Å². The summed E-state index contributed by atoms with van der Waals surface area (Å²) in [5, 5.41) is 14.6. The highest BCUT2D eigenvalue weighted by molar-refractivity contribution is 5.90. The van der Waals surface area contributed by atoms with Crippen molar-refractivity contribution in [2.75, 3.05) is 6.54 Å². The molecule has 0 aliphatic carbocycles. The number of ether oxygens (including phenoxy) is 1. The van der Waals surface area contributed by atoms with Crippen LogP contribution in [0, 0.1) is 0 Å². The van der Waals surface area contributed by atoms with E-state index in [1.54, 1.807) is 11.2 Å². The molecule has 5 aromatic rings. The summed E-state index contributed by atoms with van der Waals surface area (Å²) in [6.07, 6.45) is 8.01. The molecule has 226 valence electrons. The summed E-state index contributed by atoms with van der Waals surface area (Å²) in [4.78, 5) is 33.9. The Labute approximate surface area is 256 Å². The molecule has 2 atom stereocenters. The molecule has 3 heterocycles. The number of nitrogens with one attached hydrogen (secondary N) is 1. The van der Waals surface area contributed by atoms with E-state index >= 15 is 0 Å². The van der Waals surface area contributed by atoms with Crippen LogP contribution in [0.2, 0.25) is 0 Å². The van der Waals surface area contributed by atoms with Crippen molar-refractivity contribution in [3.05, 3.63) is 84.7 Å². The third-order valence-electron chi connectivity index (χ3n) is 8.38. The summed E-state index contributed by atoms with van der Waals surface area (Å²) in [5.41, 5.74) is 5.39. The van der Waals surface area contributed by atoms with E-state index in [0.717, 1.165) is 65.4 Å². The molecule has 0 radical (unpaired) electrons. The molecule has 1 aliphatic rings. The molecule has 3 aromatic carbocycles. The smallest absolute Gasteiger partial charge is 0.329 e. The minimum absolute atomic E-state index is 0.0495. The Morgan fingerprint density at radius 2 is 1.82 bits per heavy atom. The second-order valence-electron chi connectivity index (χ2n) is 11.3. The highest BCUT2D eigenvalue weighted by Gasteiger charge is 2.39. The normalized spacial score (nSPS) is 15.5. The van der Waals surface area contributed by atoms with Gasteiger partial charge in [0, 0.05) is 12.1 Å². The number of aromatic amines is 1. The first-order chi connectivity index (χ1) is 21.6. The maximum Gasteiger partial charge on any atom is 0.329 e. The zero-order valence-electron chi connectivity index (χ0n) is 24.9. The summed E-state index contributed by atoms with van der Waals surface area (Å²) in [6.45, 7) is 2.92. The monoisotopic (exact) mass is 591 g/mol. The number of esters is 1. The third kappa shape index (κ3) is 6.24. The molecular formula is C34H37N7O3. The number of tetrazole rings is 1. The van der Waals surface area contributed by atoms with E-state index in [1.807, 2.05) is 77.4 Å². The van der Waals surface area contributed by atoms with E-state index in [0.29, 0.717) is 25.2 Å². The second-order valence-corrected chi connectivity index (χ2v) is 11.3. The summed E-state index contributed by atoms with van der Waals surface area (Å²) in [7, 11) is 0. The molecule has 44 heavy (non-hydrogen) atoms. The van der Waals surface area contributed by atoms with Gasteiger partial charge in [0.1, 0.15) is 18.7 Å². The lowest BCUT2D eigenvalue weighted by Crippen LogP contribution is -2.44. The van der Waals surface area contributed by atoms with Gasteiger partial charge in [0.15, 0.2) is 0 Å². The molecular weight excluding hydrogens is 554 g/mol. The van der Waals surface area contributed by atoms with E-state index < -0.39 is 12.1 Å². The van der Waals surface area contributed by atoms with Crippen LogP contribution in [-0.4, -0.2) is 59.5 Å². The van der Waals surface area contributed by atoms with Gasteiger partial charge in [0.2, 0.25) is 11.7 Å². The van der Waals surface area contributed by atoms with Gasteiger partial charge in [-0.05, 0) is 53.3 Å². The fraction of sp³-hybridized carbons (Fsp3) is 0.353. The Morgan fingerprint density at radius 3 is 2.61 bits per heavy atom. The van der Waals surface area contributed by atoms with Gasteiger partial charge in [0.05, 0.1) is 17.4 Å². The molecule has 2 aromatic heterocycles.